The maximum absolute atomic E-state index is 12.0. The summed E-state index contributed by atoms with van der Waals surface area (Å²) in [6, 6.07) is 7.12. The van der Waals surface area contributed by atoms with Crippen molar-refractivity contribution in [3.8, 4) is 0 Å². The molecule has 0 atom stereocenters. The van der Waals surface area contributed by atoms with Crippen LogP contribution in [0, 0.1) is 0 Å². The Morgan fingerprint density at radius 3 is 2.39 bits per heavy atom. The number of thioether (sulfide) groups is 1. The van der Waals surface area contributed by atoms with Crippen molar-refractivity contribution in [1.29, 1.82) is 0 Å². The van der Waals surface area contributed by atoms with Gasteiger partial charge in [-0.2, -0.15) is 13.2 Å². The van der Waals surface area contributed by atoms with E-state index in [-0.39, 0.29) is 0 Å². The number of hydrogen-bond acceptors (Lipinski definition) is 3. The fourth-order valence-electron chi connectivity index (χ4n) is 1.33. The van der Waals surface area contributed by atoms with E-state index >= 15 is 0 Å². The van der Waals surface area contributed by atoms with E-state index in [4.69, 9.17) is 5.73 Å². The van der Waals surface area contributed by atoms with Gasteiger partial charge in [-0.15, -0.1) is 11.8 Å². The highest BCUT2D eigenvalue weighted by molar-refractivity contribution is 7.99. The second-order valence-electron chi connectivity index (χ2n) is 3.87. The Bertz CT molecular complexity index is 338. The summed E-state index contributed by atoms with van der Waals surface area (Å²) in [5.41, 5.74) is 6.42. The lowest BCUT2D eigenvalue weighted by Gasteiger charge is -2.07. The first-order chi connectivity index (χ1) is 8.51. The van der Waals surface area contributed by atoms with E-state index < -0.39 is 11.9 Å². The van der Waals surface area contributed by atoms with Gasteiger partial charge in [0, 0.05) is 11.4 Å². The minimum Gasteiger partial charge on any atom is -0.330 e. The third-order valence-electron chi connectivity index (χ3n) is 2.21. The minimum absolute atomic E-state index is 0.637. The molecule has 2 nitrogen and oxygen atoms in total. The van der Waals surface area contributed by atoms with Crippen LogP contribution in [0.3, 0.4) is 0 Å². The molecule has 1 rings (SSSR count). The molecule has 0 fully saturated rings. The van der Waals surface area contributed by atoms with Crippen LogP contribution in [0.1, 0.15) is 12.0 Å². The van der Waals surface area contributed by atoms with Crippen molar-refractivity contribution < 1.29 is 13.2 Å². The Morgan fingerprint density at radius 1 is 1.17 bits per heavy atom. The van der Waals surface area contributed by atoms with E-state index in [1.807, 2.05) is 12.1 Å². The van der Waals surface area contributed by atoms with Crippen molar-refractivity contribution in [1.82, 2.24) is 5.32 Å². The van der Waals surface area contributed by atoms with Gasteiger partial charge in [0.15, 0.2) is 0 Å². The fraction of sp³-hybridized carbons (Fsp3) is 0.500. The average Bonchev–Trinajstić information content (AvgIpc) is 2.33. The predicted octanol–water partition coefficient (Wildman–Crippen LogP) is 2.78. The van der Waals surface area contributed by atoms with Crippen LogP contribution in [-0.2, 0) is 6.54 Å². The highest BCUT2D eigenvalue weighted by Gasteiger charge is 2.27. The first kappa shape index (κ1) is 15.3. The largest absolute Gasteiger partial charge is 0.398 e. The molecule has 3 N–H and O–H groups in total. The zero-order valence-corrected chi connectivity index (χ0v) is 10.8. The third-order valence-corrected chi connectivity index (χ3v) is 3.29. The highest BCUT2D eigenvalue weighted by Crippen LogP contribution is 2.27. The number of nitrogens with two attached hydrogens (primary N) is 1. The van der Waals surface area contributed by atoms with Crippen LogP contribution in [-0.4, -0.2) is 25.0 Å². The van der Waals surface area contributed by atoms with Gasteiger partial charge in [-0.1, -0.05) is 12.1 Å². The van der Waals surface area contributed by atoms with Crippen molar-refractivity contribution >= 4 is 11.8 Å². The van der Waals surface area contributed by atoms with E-state index in [1.165, 1.54) is 0 Å². The fourth-order valence-corrected chi connectivity index (χ4v) is 1.99. The van der Waals surface area contributed by atoms with Crippen LogP contribution >= 0.6 is 11.8 Å². The van der Waals surface area contributed by atoms with Crippen LogP contribution < -0.4 is 11.1 Å². The topological polar surface area (TPSA) is 38.0 Å². The molecule has 0 unspecified atom stereocenters. The summed E-state index contributed by atoms with van der Waals surface area (Å²) in [4.78, 5) is 0.637. The van der Waals surface area contributed by atoms with Crippen molar-refractivity contribution in [3.63, 3.8) is 0 Å². The van der Waals surface area contributed by atoms with E-state index in [1.54, 1.807) is 12.1 Å². The van der Waals surface area contributed by atoms with Gasteiger partial charge in [0.1, 0.15) is 0 Å². The SMILES string of the molecule is NCCCNCc1ccc(SCC(F)(F)F)cc1. The number of benzene rings is 1. The van der Waals surface area contributed by atoms with Crippen LogP contribution in [0.4, 0.5) is 13.2 Å². The van der Waals surface area contributed by atoms with Crippen LogP contribution in [0.2, 0.25) is 0 Å². The van der Waals surface area contributed by atoms with E-state index in [0.29, 0.717) is 18.0 Å². The molecule has 0 amide bonds. The van der Waals surface area contributed by atoms with Crippen molar-refractivity contribution in [2.45, 2.75) is 24.0 Å². The molecule has 0 saturated carbocycles. The van der Waals surface area contributed by atoms with Gasteiger partial charge in [0.25, 0.3) is 0 Å². The van der Waals surface area contributed by atoms with Gasteiger partial charge in [-0.05, 0) is 37.2 Å². The van der Waals surface area contributed by atoms with Crippen molar-refractivity contribution in [2.75, 3.05) is 18.8 Å². The predicted molar refractivity (Wildman–Crippen MR) is 68.6 cm³/mol. The first-order valence-electron chi connectivity index (χ1n) is 5.70. The summed E-state index contributed by atoms with van der Waals surface area (Å²) >= 11 is 0.806. The molecular formula is C12H17F3N2S. The number of alkyl halides is 3. The van der Waals surface area contributed by atoms with Gasteiger partial charge in [-0.3, -0.25) is 0 Å². The lowest BCUT2D eigenvalue weighted by atomic mass is 10.2. The Balaban J connectivity index is 2.33. The van der Waals surface area contributed by atoms with E-state index in [0.717, 1.165) is 30.3 Å². The zero-order valence-electron chi connectivity index (χ0n) is 9.96. The molecule has 0 aliphatic heterocycles. The van der Waals surface area contributed by atoms with Gasteiger partial charge in [0.2, 0.25) is 0 Å². The van der Waals surface area contributed by atoms with Gasteiger partial charge in [0.05, 0.1) is 5.75 Å². The number of hydrogen-bond donors (Lipinski definition) is 2. The van der Waals surface area contributed by atoms with E-state index in [2.05, 4.69) is 5.32 Å². The molecule has 0 saturated heterocycles. The summed E-state index contributed by atoms with van der Waals surface area (Å²) in [5.74, 6) is -0.846. The van der Waals surface area contributed by atoms with Gasteiger partial charge < -0.3 is 11.1 Å². The number of nitrogens with one attached hydrogen (secondary N) is 1. The standard InChI is InChI=1S/C12H17F3N2S/c13-12(14,15)9-18-11-4-2-10(3-5-11)8-17-7-1-6-16/h2-5,17H,1,6-9,16H2. The van der Waals surface area contributed by atoms with Gasteiger partial charge in [-0.25, -0.2) is 0 Å². The molecular weight excluding hydrogens is 261 g/mol. The number of halogens is 3. The molecule has 0 aliphatic carbocycles. The second kappa shape index (κ2) is 7.66. The summed E-state index contributed by atoms with van der Waals surface area (Å²) in [5, 5.41) is 3.21. The molecule has 6 heteroatoms. The lowest BCUT2D eigenvalue weighted by molar-refractivity contribution is -0.105. The third kappa shape index (κ3) is 6.88. The quantitative estimate of drug-likeness (QED) is 0.595. The molecule has 18 heavy (non-hydrogen) atoms. The molecule has 0 aliphatic rings. The maximum atomic E-state index is 12.0. The van der Waals surface area contributed by atoms with Crippen molar-refractivity contribution in [3.05, 3.63) is 29.8 Å². The second-order valence-corrected chi connectivity index (χ2v) is 4.92. The average molecular weight is 278 g/mol. The van der Waals surface area contributed by atoms with Crippen LogP contribution in [0.15, 0.2) is 29.2 Å². The maximum Gasteiger partial charge on any atom is 0.398 e. The zero-order chi connectivity index (χ0) is 13.4. The molecule has 102 valence electrons. The van der Waals surface area contributed by atoms with Crippen LogP contribution in [0.5, 0.6) is 0 Å². The molecule has 1 aromatic carbocycles. The Kier molecular flexibility index (Phi) is 6.52. The Morgan fingerprint density at radius 2 is 1.83 bits per heavy atom. The van der Waals surface area contributed by atoms with Gasteiger partial charge >= 0.3 is 6.18 Å². The monoisotopic (exact) mass is 278 g/mol. The summed E-state index contributed by atoms with van der Waals surface area (Å²) in [6.07, 6.45) is -3.20. The molecule has 1 aromatic rings. The van der Waals surface area contributed by atoms with E-state index in [9.17, 15) is 13.2 Å². The molecule has 0 aromatic heterocycles. The molecule has 0 radical (unpaired) electrons. The van der Waals surface area contributed by atoms with Crippen LogP contribution in [0.25, 0.3) is 0 Å². The molecule has 0 bridgehead atoms. The smallest absolute Gasteiger partial charge is 0.330 e. The molecule has 0 spiro atoms. The summed E-state index contributed by atoms with van der Waals surface area (Å²) < 4.78 is 36.1. The van der Waals surface area contributed by atoms with Crippen molar-refractivity contribution in [2.24, 2.45) is 5.73 Å². The Hall–Kier alpha value is -0.720. The first-order valence-corrected chi connectivity index (χ1v) is 6.69. The summed E-state index contributed by atoms with van der Waals surface area (Å²) in [7, 11) is 0. The normalized spacial score (nSPS) is 11.8. The molecule has 0 heterocycles. The highest BCUT2D eigenvalue weighted by atomic mass is 32.2. The minimum atomic E-state index is -4.12. The summed E-state index contributed by atoms with van der Waals surface area (Å²) in [6.45, 7) is 2.21. The number of rotatable bonds is 7. The Labute approximate surface area is 109 Å². The lowest BCUT2D eigenvalue weighted by Crippen LogP contribution is -2.17.